The molecule has 4 atom stereocenters. The molecule has 4 rings (SSSR count). The molecule has 2 nitrogen and oxygen atoms in total. The molecule has 4 fully saturated rings. The Labute approximate surface area is 67.1 Å². The Bertz CT molecular complexity index is 221. The molecule has 62 valence electrons. The van der Waals surface area contributed by atoms with Gasteiger partial charge >= 0.3 is 0 Å². The fraction of sp³-hybridized carbons (Fsp3) is 1.00. The molecule has 0 radical (unpaired) electrons. The number of rotatable bonds is 0. The van der Waals surface area contributed by atoms with E-state index in [1.54, 1.807) is 0 Å². The third kappa shape index (κ3) is 0.510. The van der Waals surface area contributed by atoms with Gasteiger partial charge in [-0.3, -0.25) is 0 Å². The smallest absolute Gasteiger partial charge is 0.147 e. The van der Waals surface area contributed by atoms with Crippen molar-refractivity contribution in [2.24, 2.45) is 23.0 Å². The third-order valence-electron chi connectivity index (χ3n) is 4.31. The second-order valence-corrected chi connectivity index (χ2v) is 5.00. The van der Waals surface area contributed by atoms with E-state index in [0.717, 1.165) is 5.92 Å². The van der Waals surface area contributed by atoms with Gasteiger partial charge in [-0.2, -0.15) is 0 Å². The maximum Gasteiger partial charge on any atom is 0.147 e. The van der Waals surface area contributed by atoms with E-state index >= 15 is 0 Å². The Balaban J connectivity index is 1.98. The van der Waals surface area contributed by atoms with Crippen molar-refractivity contribution in [1.29, 1.82) is 0 Å². The van der Waals surface area contributed by atoms with Crippen LogP contribution < -0.4 is 5.73 Å². The number of hydrogen-bond donors (Lipinski definition) is 1. The highest BCUT2D eigenvalue weighted by molar-refractivity contribution is 5.19. The summed E-state index contributed by atoms with van der Waals surface area (Å²) in [5.74, 6) is 1.52. The van der Waals surface area contributed by atoms with Gasteiger partial charge in [0.25, 0.3) is 0 Å². The van der Waals surface area contributed by atoms with Gasteiger partial charge in [0.15, 0.2) is 0 Å². The van der Waals surface area contributed by atoms with E-state index < -0.39 is 0 Å². The van der Waals surface area contributed by atoms with Gasteiger partial charge in [0.05, 0.1) is 0 Å². The van der Waals surface area contributed by atoms with Gasteiger partial charge in [0, 0.05) is 5.92 Å². The summed E-state index contributed by atoms with van der Waals surface area (Å²) in [4.78, 5) is 0. The van der Waals surface area contributed by atoms with Crippen LogP contribution in [0.15, 0.2) is 0 Å². The molecule has 2 heteroatoms. The number of nitrogens with two attached hydrogens (primary N) is 1. The maximum atomic E-state index is 6.09. The zero-order chi connectivity index (χ0) is 7.85. The van der Waals surface area contributed by atoms with E-state index in [1.807, 2.05) is 0 Å². The zero-order valence-electron chi connectivity index (χ0n) is 7.13. The summed E-state index contributed by atoms with van der Waals surface area (Å²) in [6.07, 6.45) is 2.93. The van der Waals surface area contributed by atoms with E-state index in [0.29, 0.717) is 17.4 Å². The Morgan fingerprint density at radius 3 is 2.55 bits per heavy atom. The maximum absolute atomic E-state index is 6.09. The van der Waals surface area contributed by atoms with Gasteiger partial charge in [-0.1, -0.05) is 13.8 Å². The van der Waals surface area contributed by atoms with Crippen LogP contribution in [0.4, 0.5) is 0 Å². The standard InChI is InChI=1S/C9H15NO/c1-8(2)5-3-6(8)9(10)7(4-5)11-9/h5-7H,3-4,10H2,1-2H3/t5-,6-,7-,9+/m1/s1. The van der Waals surface area contributed by atoms with Crippen LogP contribution in [0.3, 0.4) is 0 Å². The topological polar surface area (TPSA) is 38.5 Å². The highest BCUT2D eigenvalue weighted by Crippen LogP contribution is 2.68. The highest BCUT2D eigenvalue weighted by atomic mass is 16.6. The summed E-state index contributed by atoms with van der Waals surface area (Å²) in [6.45, 7) is 4.66. The fourth-order valence-electron chi connectivity index (χ4n) is 3.19. The van der Waals surface area contributed by atoms with Crippen LogP contribution in [0.25, 0.3) is 0 Å². The quantitative estimate of drug-likeness (QED) is 0.529. The lowest BCUT2D eigenvalue weighted by Gasteiger charge is -2.57. The zero-order valence-corrected chi connectivity index (χ0v) is 7.13. The fourth-order valence-corrected chi connectivity index (χ4v) is 3.19. The molecule has 4 aliphatic rings. The molecule has 0 spiro atoms. The Hall–Kier alpha value is -0.0800. The van der Waals surface area contributed by atoms with Crippen molar-refractivity contribution < 1.29 is 4.74 Å². The SMILES string of the molecule is CC1(C)[C@@H]2C[C@H]1[C@]1(N)O[C@@H]1C2. The van der Waals surface area contributed by atoms with E-state index in [4.69, 9.17) is 10.5 Å². The second-order valence-electron chi connectivity index (χ2n) is 5.00. The Morgan fingerprint density at radius 2 is 2.09 bits per heavy atom. The van der Waals surface area contributed by atoms with Crippen molar-refractivity contribution in [1.82, 2.24) is 0 Å². The van der Waals surface area contributed by atoms with Crippen LogP contribution in [0.1, 0.15) is 26.7 Å². The predicted octanol–water partition coefficient (Wildman–Crippen LogP) is 1.11. The van der Waals surface area contributed by atoms with Crippen molar-refractivity contribution in [2.75, 3.05) is 0 Å². The van der Waals surface area contributed by atoms with Crippen LogP contribution in [-0.2, 0) is 4.74 Å². The van der Waals surface area contributed by atoms with Crippen LogP contribution in [0.2, 0.25) is 0 Å². The summed E-state index contributed by atoms with van der Waals surface area (Å²) in [5.41, 5.74) is 6.35. The minimum Gasteiger partial charge on any atom is -0.350 e. The number of epoxide rings is 1. The van der Waals surface area contributed by atoms with Crippen LogP contribution >= 0.6 is 0 Å². The first-order valence-electron chi connectivity index (χ1n) is 4.52. The average molecular weight is 153 g/mol. The largest absolute Gasteiger partial charge is 0.350 e. The Morgan fingerprint density at radius 1 is 1.36 bits per heavy atom. The van der Waals surface area contributed by atoms with Crippen molar-refractivity contribution >= 4 is 0 Å². The first-order chi connectivity index (χ1) is 5.05. The van der Waals surface area contributed by atoms with Gasteiger partial charge in [0.2, 0.25) is 0 Å². The Kier molecular flexibility index (Phi) is 0.807. The van der Waals surface area contributed by atoms with Crippen molar-refractivity contribution in [3.8, 4) is 0 Å². The highest BCUT2D eigenvalue weighted by Gasteiger charge is 2.73. The summed E-state index contributed by atoms with van der Waals surface area (Å²) in [5, 5.41) is 0. The summed E-state index contributed by atoms with van der Waals surface area (Å²) < 4.78 is 5.53. The molecule has 0 aromatic rings. The first-order valence-corrected chi connectivity index (χ1v) is 4.52. The van der Waals surface area contributed by atoms with Crippen molar-refractivity contribution in [2.45, 2.75) is 38.5 Å². The van der Waals surface area contributed by atoms with E-state index in [1.165, 1.54) is 12.8 Å². The molecule has 1 heterocycles. The predicted molar refractivity (Wildman–Crippen MR) is 41.8 cm³/mol. The lowest BCUT2D eigenvalue weighted by molar-refractivity contribution is -0.0825. The molecule has 0 amide bonds. The molecule has 1 aliphatic heterocycles. The number of hydrogen-bond acceptors (Lipinski definition) is 2. The summed E-state index contributed by atoms with van der Waals surface area (Å²) in [6, 6.07) is 0. The molecule has 3 aliphatic carbocycles. The van der Waals surface area contributed by atoms with Crippen LogP contribution in [0.5, 0.6) is 0 Å². The van der Waals surface area contributed by atoms with Gasteiger partial charge in [0.1, 0.15) is 11.8 Å². The minimum absolute atomic E-state index is 0.196. The molecule has 0 unspecified atom stereocenters. The molecular weight excluding hydrogens is 138 g/mol. The molecule has 11 heavy (non-hydrogen) atoms. The summed E-state index contributed by atoms with van der Waals surface area (Å²) in [7, 11) is 0. The second kappa shape index (κ2) is 1.38. The van der Waals surface area contributed by atoms with E-state index in [2.05, 4.69) is 13.8 Å². The third-order valence-corrected chi connectivity index (χ3v) is 4.31. The van der Waals surface area contributed by atoms with E-state index in [-0.39, 0.29) is 5.72 Å². The molecule has 2 N–H and O–H groups in total. The van der Waals surface area contributed by atoms with Gasteiger partial charge < -0.3 is 10.5 Å². The van der Waals surface area contributed by atoms with Crippen LogP contribution in [-0.4, -0.2) is 11.8 Å². The lowest BCUT2D eigenvalue weighted by Crippen LogP contribution is -2.60. The van der Waals surface area contributed by atoms with Crippen molar-refractivity contribution in [3.05, 3.63) is 0 Å². The van der Waals surface area contributed by atoms with Gasteiger partial charge in [-0.15, -0.1) is 0 Å². The van der Waals surface area contributed by atoms with Crippen LogP contribution in [0, 0.1) is 17.3 Å². The van der Waals surface area contributed by atoms with Crippen molar-refractivity contribution in [3.63, 3.8) is 0 Å². The molecule has 2 bridgehead atoms. The first kappa shape index (κ1) is 6.44. The molecule has 0 aromatic heterocycles. The number of ether oxygens (including phenoxy) is 1. The molecule has 1 saturated heterocycles. The summed E-state index contributed by atoms with van der Waals surface area (Å²) >= 11 is 0. The monoisotopic (exact) mass is 153 g/mol. The molecular formula is C9H15NO. The normalized spacial score (nSPS) is 63.0. The average Bonchev–Trinajstić information content (AvgIpc) is 2.58. The van der Waals surface area contributed by atoms with E-state index in [9.17, 15) is 0 Å². The molecule has 0 aromatic carbocycles. The van der Waals surface area contributed by atoms with Gasteiger partial charge in [-0.25, -0.2) is 0 Å². The van der Waals surface area contributed by atoms with Gasteiger partial charge in [-0.05, 0) is 24.2 Å². The minimum atomic E-state index is -0.196. The lowest BCUT2D eigenvalue weighted by atomic mass is 9.47. The molecule has 3 saturated carbocycles.